The van der Waals surface area contributed by atoms with Crippen molar-refractivity contribution in [3.05, 3.63) is 28.8 Å². The van der Waals surface area contributed by atoms with Crippen molar-refractivity contribution in [1.82, 2.24) is 5.32 Å². The van der Waals surface area contributed by atoms with E-state index in [2.05, 4.69) is 5.32 Å². The van der Waals surface area contributed by atoms with Gasteiger partial charge in [0.05, 0.1) is 17.8 Å². The summed E-state index contributed by atoms with van der Waals surface area (Å²) in [6.45, 7) is 1.25. The zero-order valence-corrected chi connectivity index (χ0v) is 14.5. The van der Waals surface area contributed by atoms with Crippen LogP contribution in [0.5, 0.6) is 0 Å². The fourth-order valence-electron chi connectivity index (χ4n) is 3.06. The highest BCUT2D eigenvalue weighted by atomic mass is 35.5. The first-order chi connectivity index (χ1) is 12.2. The number of aliphatic hydroxyl groups excluding tert-OH is 4. The van der Waals surface area contributed by atoms with Crippen LogP contribution in [-0.4, -0.2) is 75.5 Å². The number of aliphatic hydroxyl groups is 4. The number of nitrogens with zero attached hydrogens (tertiary/aromatic N) is 1. The quantitative estimate of drug-likeness (QED) is 0.421. The summed E-state index contributed by atoms with van der Waals surface area (Å²) in [5.41, 5.74) is 0.425. The van der Waals surface area contributed by atoms with Gasteiger partial charge in [0.2, 0.25) is 5.91 Å². The minimum atomic E-state index is -1.72. The number of halogens is 1. The molecular weight excluding hydrogens is 368 g/mol. The van der Waals surface area contributed by atoms with E-state index in [1.54, 1.807) is 0 Å². The molecule has 1 aromatic carbocycles. The lowest BCUT2D eigenvalue weighted by Gasteiger charge is -2.40. The van der Waals surface area contributed by atoms with Gasteiger partial charge in [-0.25, -0.2) is 0 Å². The molecule has 1 aromatic rings. The maximum Gasteiger partial charge on any atom is 0.254 e. The van der Waals surface area contributed by atoms with Crippen LogP contribution in [0.1, 0.15) is 17.3 Å². The fraction of sp³-hybridized carbons (Fsp3) is 0.500. The Balaban J connectivity index is 1.96. The third-order valence-corrected chi connectivity index (χ3v) is 4.76. The maximum absolute atomic E-state index is 12.7. The Morgan fingerprint density at radius 1 is 1.15 bits per heavy atom. The van der Waals surface area contributed by atoms with Crippen LogP contribution in [0.2, 0.25) is 5.02 Å². The molecule has 1 saturated heterocycles. The van der Waals surface area contributed by atoms with E-state index >= 15 is 0 Å². The first-order valence-corrected chi connectivity index (χ1v) is 8.38. The van der Waals surface area contributed by atoms with Gasteiger partial charge in [0.1, 0.15) is 30.5 Å². The molecule has 2 unspecified atom stereocenters. The van der Waals surface area contributed by atoms with Crippen molar-refractivity contribution in [2.45, 2.75) is 43.7 Å². The van der Waals surface area contributed by atoms with Crippen LogP contribution in [0.15, 0.2) is 18.2 Å². The smallest absolute Gasteiger partial charge is 0.254 e. The monoisotopic (exact) mass is 386 g/mol. The first-order valence-electron chi connectivity index (χ1n) is 8.00. The number of carbonyl (C=O) groups is 2. The number of ether oxygens (including phenoxy) is 1. The summed E-state index contributed by atoms with van der Waals surface area (Å²) in [5.74, 6) is -0.947. The molecule has 6 atom stereocenters. The summed E-state index contributed by atoms with van der Waals surface area (Å²) in [4.78, 5) is 26.3. The van der Waals surface area contributed by atoms with Crippen LogP contribution < -0.4 is 10.2 Å². The van der Waals surface area contributed by atoms with Crippen molar-refractivity contribution in [3.8, 4) is 0 Å². The zero-order chi connectivity index (χ0) is 19.2. The lowest BCUT2D eigenvalue weighted by atomic mass is 9.98. The van der Waals surface area contributed by atoms with Crippen molar-refractivity contribution in [3.63, 3.8) is 0 Å². The summed E-state index contributed by atoms with van der Waals surface area (Å²) in [5, 5.41) is 42.1. The van der Waals surface area contributed by atoms with E-state index < -0.39 is 48.6 Å². The molecule has 0 saturated carbocycles. The molecule has 0 radical (unpaired) electrons. The average molecular weight is 387 g/mol. The molecule has 0 spiro atoms. The number of amides is 2. The third kappa shape index (κ3) is 3.29. The normalized spacial score (nSPS) is 34.9. The molecule has 5 N–H and O–H groups in total. The molecule has 2 heterocycles. The number of fused-ring (bicyclic) bond motifs is 1. The van der Waals surface area contributed by atoms with Gasteiger partial charge in [-0.15, -0.1) is 0 Å². The molecule has 0 aromatic heterocycles. The standard InChI is InChI=1S/C16H19ClN2O7/c1-6-15(24)19(5-10-11(20)12(21)13(22)16(25)26-10)9-3-2-7(17)4-8(9)14(23)18-6/h2-4,6,10-13,16,20-22,25H,5H2,1H3,(H,18,23)/t6?,10-,11-,12+,13-,16?/m1/s1. The van der Waals surface area contributed by atoms with Gasteiger partial charge in [0.25, 0.3) is 5.91 Å². The van der Waals surface area contributed by atoms with Crippen LogP contribution in [0.25, 0.3) is 0 Å². The summed E-state index contributed by atoms with van der Waals surface area (Å²) < 4.78 is 5.14. The number of anilines is 1. The van der Waals surface area contributed by atoms with E-state index in [1.165, 1.54) is 30.0 Å². The van der Waals surface area contributed by atoms with Gasteiger partial charge in [0.15, 0.2) is 6.29 Å². The fourth-order valence-corrected chi connectivity index (χ4v) is 3.24. The molecular formula is C16H19ClN2O7. The molecule has 2 aliphatic heterocycles. The van der Waals surface area contributed by atoms with Crippen molar-refractivity contribution in [1.29, 1.82) is 0 Å². The summed E-state index contributed by atoms with van der Waals surface area (Å²) >= 11 is 5.94. The van der Waals surface area contributed by atoms with Gasteiger partial charge in [-0.3, -0.25) is 9.59 Å². The number of carbonyl (C=O) groups excluding carboxylic acids is 2. The minimum absolute atomic E-state index is 0.168. The lowest BCUT2D eigenvalue weighted by Crippen LogP contribution is -2.61. The summed E-state index contributed by atoms with van der Waals surface area (Å²) in [7, 11) is 0. The summed E-state index contributed by atoms with van der Waals surface area (Å²) in [6.07, 6.45) is -7.76. The Kier molecular flexibility index (Phi) is 5.20. The second-order valence-corrected chi connectivity index (χ2v) is 6.78. The van der Waals surface area contributed by atoms with Gasteiger partial charge < -0.3 is 35.4 Å². The molecule has 2 amide bonds. The topological polar surface area (TPSA) is 140 Å². The van der Waals surface area contributed by atoms with E-state index in [9.17, 15) is 30.0 Å². The van der Waals surface area contributed by atoms with Crippen LogP contribution in [0.3, 0.4) is 0 Å². The van der Waals surface area contributed by atoms with Crippen LogP contribution in [0, 0.1) is 0 Å². The lowest BCUT2D eigenvalue weighted by molar-refractivity contribution is -0.279. The predicted octanol–water partition coefficient (Wildman–Crippen LogP) is -1.40. The van der Waals surface area contributed by atoms with Crippen LogP contribution in [0.4, 0.5) is 5.69 Å². The molecule has 9 nitrogen and oxygen atoms in total. The van der Waals surface area contributed by atoms with Crippen molar-refractivity contribution in [2.75, 3.05) is 11.4 Å². The highest BCUT2D eigenvalue weighted by Gasteiger charge is 2.45. The number of benzene rings is 1. The zero-order valence-electron chi connectivity index (χ0n) is 13.7. The third-order valence-electron chi connectivity index (χ3n) is 4.53. The molecule has 2 aliphatic rings. The van der Waals surface area contributed by atoms with Crippen molar-refractivity contribution >= 4 is 29.1 Å². The van der Waals surface area contributed by atoms with Crippen molar-refractivity contribution < 1.29 is 34.8 Å². The summed E-state index contributed by atoms with van der Waals surface area (Å²) in [6, 6.07) is 3.56. The predicted molar refractivity (Wildman–Crippen MR) is 89.6 cm³/mol. The van der Waals surface area contributed by atoms with E-state index in [1.807, 2.05) is 0 Å². The van der Waals surface area contributed by atoms with Crippen molar-refractivity contribution in [2.24, 2.45) is 0 Å². The number of hydrogen-bond acceptors (Lipinski definition) is 7. The highest BCUT2D eigenvalue weighted by molar-refractivity contribution is 6.31. The Morgan fingerprint density at radius 2 is 1.85 bits per heavy atom. The molecule has 142 valence electrons. The second-order valence-electron chi connectivity index (χ2n) is 6.34. The van der Waals surface area contributed by atoms with E-state index in [4.69, 9.17) is 16.3 Å². The Hall–Kier alpha value is -1.75. The Bertz CT molecular complexity index is 731. The SMILES string of the molecule is CC1NC(=O)c2cc(Cl)ccc2N(C[C@H]2OC(O)[C@H](O)[C@@H](O)[C@@H]2O)C1=O. The largest absolute Gasteiger partial charge is 0.388 e. The Morgan fingerprint density at radius 3 is 2.54 bits per heavy atom. The average Bonchev–Trinajstić information content (AvgIpc) is 2.68. The molecule has 26 heavy (non-hydrogen) atoms. The molecule has 3 rings (SSSR count). The number of nitrogens with one attached hydrogen (secondary N) is 1. The first kappa shape index (κ1) is 19.0. The highest BCUT2D eigenvalue weighted by Crippen LogP contribution is 2.29. The molecule has 0 bridgehead atoms. The molecule has 10 heteroatoms. The number of rotatable bonds is 2. The van der Waals surface area contributed by atoms with E-state index in [-0.39, 0.29) is 17.8 Å². The molecule has 1 fully saturated rings. The van der Waals surface area contributed by atoms with Gasteiger partial charge in [0, 0.05) is 5.02 Å². The van der Waals surface area contributed by atoms with E-state index in [0.717, 1.165) is 0 Å². The van der Waals surface area contributed by atoms with E-state index in [0.29, 0.717) is 5.02 Å². The van der Waals surface area contributed by atoms with Gasteiger partial charge in [-0.2, -0.15) is 0 Å². The van der Waals surface area contributed by atoms with Gasteiger partial charge >= 0.3 is 0 Å². The minimum Gasteiger partial charge on any atom is -0.388 e. The maximum atomic E-state index is 12.7. The second kappa shape index (κ2) is 7.10. The van der Waals surface area contributed by atoms with Crippen LogP contribution in [-0.2, 0) is 9.53 Å². The van der Waals surface area contributed by atoms with Crippen LogP contribution >= 0.6 is 11.6 Å². The van der Waals surface area contributed by atoms with Gasteiger partial charge in [-0.1, -0.05) is 11.6 Å². The number of hydrogen-bond donors (Lipinski definition) is 5. The molecule has 0 aliphatic carbocycles. The Labute approximate surface area is 153 Å². The van der Waals surface area contributed by atoms with Gasteiger partial charge in [-0.05, 0) is 25.1 Å².